The van der Waals surface area contributed by atoms with Gasteiger partial charge < -0.3 is 15.2 Å². The first-order valence-corrected chi connectivity index (χ1v) is 4.65. The van der Waals surface area contributed by atoms with Crippen LogP contribution in [0.3, 0.4) is 0 Å². The van der Waals surface area contributed by atoms with Crippen LogP contribution >= 0.6 is 0 Å². The van der Waals surface area contributed by atoms with Crippen molar-refractivity contribution in [3.05, 3.63) is 0 Å². The molecule has 1 atom stereocenters. The van der Waals surface area contributed by atoms with Gasteiger partial charge >= 0.3 is 0 Å². The number of ether oxygens (including phenoxy) is 1. The molecule has 12 heavy (non-hydrogen) atoms. The van der Waals surface area contributed by atoms with Gasteiger partial charge in [-0.1, -0.05) is 0 Å². The first-order chi connectivity index (χ1) is 5.81. The Morgan fingerprint density at radius 1 is 1.33 bits per heavy atom. The Hall–Kier alpha value is -0.120. The topological polar surface area (TPSA) is 41.5 Å². The standard InChI is InChI=1S/C9H21NO2/c1-9(12-2)8-10-6-4-3-5-7-11/h9-11H,3-8H2,1-2H3. The van der Waals surface area contributed by atoms with E-state index in [1.54, 1.807) is 7.11 Å². The maximum absolute atomic E-state index is 8.51. The molecule has 0 aliphatic carbocycles. The van der Waals surface area contributed by atoms with E-state index < -0.39 is 0 Å². The van der Waals surface area contributed by atoms with Gasteiger partial charge in [-0.3, -0.25) is 0 Å². The number of aliphatic hydroxyl groups is 1. The number of nitrogens with one attached hydrogen (secondary N) is 1. The Kier molecular flexibility index (Phi) is 8.88. The molecular formula is C9H21NO2. The van der Waals surface area contributed by atoms with E-state index in [1.165, 1.54) is 0 Å². The number of unbranched alkanes of at least 4 members (excludes halogenated alkanes) is 2. The van der Waals surface area contributed by atoms with Crippen LogP contribution in [0.15, 0.2) is 0 Å². The van der Waals surface area contributed by atoms with E-state index in [0.29, 0.717) is 12.7 Å². The maximum atomic E-state index is 8.51. The van der Waals surface area contributed by atoms with Crippen molar-refractivity contribution in [2.75, 3.05) is 26.8 Å². The van der Waals surface area contributed by atoms with Gasteiger partial charge in [0.1, 0.15) is 0 Å². The zero-order valence-electron chi connectivity index (χ0n) is 8.18. The molecule has 0 saturated heterocycles. The van der Waals surface area contributed by atoms with Gasteiger partial charge in [-0.25, -0.2) is 0 Å². The summed E-state index contributed by atoms with van der Waals surface area (Å²) in [6.07, 6.45) is 3.45. The molecule has 0 aromatic heterocycles. The van der Waals surface area contributed by atoms with Crippen LogP contribution in [0.1, 0.15) is 26.2 Å². The summed E-state index contributed by atoms with van der Waals surface area (Å²) in [5, 5.41) is 11.8. The molecule has 3 heteroatoms. The van der Waals surface area contributed by atoms with Gasteiger partial charge in [-0.15, -0.1) is 0 Å². The second kappa shape index (κ2) is 8.97. The average molecular weight is 175 g/mol. The molecule has 0 aliphatic rings. The van der Waals surface area contributed by atoms with E-state index >= 15 is 0 Å². The van der Waals surface area contributed by atoms with Crippen LogP contribution < -0.4 is 5.32 Å². The SMILES string of the molecule is COC(C)CNCCCCCO. The van der Waals surface area contributed by atoms with Gasteiger partial charge in [0.15, 0.2) is 0 Å². The van der Waals surface area contributed by atoms with Crippen molar-refractivity contribution in [2.24, 2.45) is 0 Å². The van der Waals surface area contributed by atoms with Gasteiger partial charge in [-0.05, 0) is 32.7 Å². The molecule has 0 spiro atoms. The first kappa shape index (κ1) is 11.9. The maximum Gasteiger partial charge on any atom is 0.0667 e. The Balaban J connectivity index is 2.90. The summed E-state index contributed by atoms with van der Waals surface area (Å²) >= 11 is 0. The van der Waals surface area contributed by atoms with Crippen molar-refractivity contribution >= 4 is 0 Å². The molecule has 3 nitrogen and oxygen atoms in total. The van der Waals surface area contributed by atoms with Gasteiger partial charge in [0.25, 0.3) is 0 Å². The molecule has 0 amide bonds. The lowest BCUT2D eigenvalue weighted by Crippen LogP contribution is -2.26. The normalized spacial score (nSPS) is 13.2. The number of methoxy groups -OCH3 is 1. The fraction of sp³-hybridized carbons (Fsp3) is 1.00. The van der Waals surface area contributed by atoms with Crippen LogP contribution in [0.25, 0.3) is 0 Å². The summed E-state index contributed by atoms with van der Waals surface area (Å²) in [7, 11) is 1.72. The van der Waals surface area contributed by atoms with Gasteiger partial charge in [0.2, 0.25) is 0 Å². The minimum Gasteiger partial charge on any atom is -0.396 e. The van der Waals surface area contributed by atoms with Crippen LogP contribution in [0, 0.1) is 0 Å². The monoisotopic (exact) mass is 175 g/mol. The number of aliphatic hydroxyl groups excluding tert-OH is 1. The van der Waals surface area contributed by atoms with Crippen molar-refractivity contribution in [2.45, 2.75) is 32.3 Å². The minimum atomic E-state index is 0.294. The summed E-state index contributed by atoms with van der Waals surface area (Å²) in [6.45, 7) is 4.29. The van der Waals surface area contributed by atoms with E-state index in [9.17, 15) is 0 Å². The molecule has 1 unspecified atom stereocenters. The van der Waals surface area contributed by atoms with Gasteiger partial charge in [-0.2, -0.15) is 0 Å². The Morgan fingerprint density at radius 2 is 2.08 bits per heavy atom. The molecule has 0 fully saturated rings. The van der Waals surface area contributed by atoms with Crippen LogP contribution in [0.2, 0.25) is 0 Å². The molecule has 0 radical (unpaired) electrons. The molecule has 0 aromatic carbocycles. The molecule has 0 saturated carbocycles. The fourth-order valence-electron chi connectivity index (χ4n) is 0.927. The van der Waals surface area contributed by atoms with E-state index in [0.717, 1.165) is 32.4 Å². The molecule has 0 heterocycles. The van der Waals surface area contributed by atoms with Crippen LogP contribution in [-0.4, -0.2) is 38.0 Å². The lowest BCUT2D eigenvalue weighted by molar-refractivity contribution is 0.117. The number of hydrogen-bond donors (Lipinski definition) is 2. The fourth-order valence-corrected chi connectivity index (χ4v) is 0.927. The Bertz CT molecular complexity index is 88.6. The smallest absolute Gasteiger partial charge is 0.0667 e. The summed E-state index contributed by atoms with van der Waals surface area (Å²) in [5.74, 6) is 0. The van der Waals surface area contributed by atoms with E-state index in [-0.39, 0.29) is 0 Å². The second-order valence-electron chi connectivity index (χ2n) is 3.03. The highest BCUT2D eigenvalue weighted by atomic mass is 16.5. The lowest BCUT2D eigenvalue weighted by atomic mass is 10.2. The molecule has 0 bridgehead atoms. The zero-order valence-corrected chi connectivity index (χ0v) is 8.18. The van der Waals surface area contributed by atoms with Gasteiger partial charge in [0, 0.05) is 20.3 Å². The Labute approximate surface area is 75.1 Å². The summed E-state index contributed by atoms with van der Waals surface area (Å²) in [5.41, 5.74) is 0. The van der Waals surface area contributed by atoms with Crippen LogP contribution in [0.5, 0.6) is 0 Å². The Morgan fingerprint density at radius 3 is 2.67 bits per heavy atom. The van der Waals surface area contributed by atoms with Crippen molar-refractivity contribution in [3.8, 4) is 0 Å². The van der Waals surface area contributed by atoms with E-state index in [2.05, 4.69) is 5.32 Å². The molecule has 0 rings (SSSR count). The highest BCUT2D eigenvalue weighted by molar-refractivity contribution is 4.54. The van der Waals surface area contributed by atoms with Crippen molar-refractivity contribution < 1.29 is 9.84 Å². The second-order valence-corrected chi connectivity index (χ2v) is 3.03. The van der Waals surface area contributed by atoms with Crippen LogP contribution in [-0.2, 0) is 4.74 Å². The first-order valence-electron chi connectivity index (χ1n) is 4.65. The minimum absolute atomic E-state index is 0.294. The third-order valence-electron chi connectivity index (χ3n) is 1.85. The van der Waals surface area contributed by atoms with Crippen molar-refractivity contribution in [1.29, 1.82) is 0 Å². The largest absolute Gasteiger partial charge is 0.396 e. The average Bonchev–Trinajstić information content (AvgIpc) is 2.10. The summed E-state index contributed by atoms with van der Waals surface area (Å²) in [4.78, 5) is 0. The van der Waals surface area contributed by atoms with Crippen molar-refractivity contribution in [1.82, 2.24) is 5.32 Å². The summed E-state index contributed by atoms with van der Waals surface area (Å²) < 4.78 is 5.08. The third kappa shape index (κ3) is 7.98. The third-order valence-corrected chi connectivity index (χ3v) is 1.85. The lowest BCUT2D eigenvalue weighted by Gasteiger charge is -2.09. The van der Waals surface area contributed by atoms with Crippen molar-refractivity contribution in [3.63, 3.8) is 0 Å². The van der Waals surface area contributed by atoms with E-state index in [4.69, 9.17) is 9.84 Å². The highest BCUT2D eigenvalue weighted by Crippen LogP contribution is 1.92. The molecule has 0 aromatic rings. The predicted molar refractivity (Wildman–Crippen MR) is 50.3 cm³/mol. The highest BCUT2D eigenvalue weighted by Gasteiger charge is 1.96. The summed E-state index contributed by atoms with van der Waals surface area (Å²) in [6, 6.07) is 0. The number of hydrogen-bond acceptors (Lipinski definition) is 3. The molecule has 74 valence electrons. The number of rotatable bonds is 8. The van der Waals surface area contributed by atoms with E-state index in [1.807, 2.05) is 6.92 Å². The molecule has 2 N–H and O–H groups in total. The predicted octanol–water partition coefficient (Wildman–Crippen LogP) is 0.773. The molecule has 0 aliphatic heterocycles. The quantitative estimate of drug-likeness (QED) is 0.535. The zero-order chi connectivity index (χ0) is 9.23. The van der Waals surface area contributed by atoms with Gasteiger partial charge in [0.05, 0.1) is 6.10 Å². The molecular weight excluding hydrogens is 154 g/mol. The van der Waals surface area contributed by atoms with Crippen LogP contribution in [0.4, 0.5) is 0 Å².